The van der Waals surface area contributed by atoms with E-state index in [1.165, 1.54) is 5.56 Å². The summed E-state index contributed by atoms with van der Waals surface area (Å²) in [5, 5.41) is 3.02. The minimum absolute atomic E-state index is 0.0574. The van der Waals surface area contributed by atoms with Gasteiger partial charge in [-0.2, -0.15) is 0 Å². The molecular weight excluding hydrogens is 336 g/mol. The van der Waals surface area contributed by atoms with E-state index in [2.05, 4.69) is 40.3 Å². The number of nitrogens with one attached hydrogen (secondary N) is 2. The van der Waals surface area contributed by atoms with Crippen LogP contribution in [0.25, 0.3) is 11.0 Å². The predicted octanol–water partition coefficient (Wildman–Crippen LogP) is 4.00. The molecule has 5 nitrogen and oxygen atoms in total. The van der Waals surface area contributed by atoms with Gasteiger partial charge >= 0.3 is 0 Å². The summed E-state index contributed by atoms with van der Waals surface area (Å²) in [7, 11) is 0. The number of H-pyrrole nitrogens is 1. The molecule has 2 aromatic carbocycles. The monoisotopic (exact) mass is 362 g/mol. The maximum Gasteiger partial charge on any atom is 0.238 e. The molecule has 0 aliphatic carbocycles. The third kappa shape index (κ3) is 4.03. The number of amides is 1. The van der Waals surface area contributed by atoms with E-state index in [0.29, 0.717) is 12.5 Å². The van der Waals surface area contributed by atoms with Crippen molar-refractivity contribution in [2.24, 2.45) is 0 Å². The lowest BCUT2D eigenvalue weighted by Crippen LogP contribution is -2.39. The number of carbonyl (C=O) groups excluding carboxylic acids is 1. The number of likely N-dealkylation sites (tertiary alicyclic amines) is 1. The topological polar surface area (TPSA) is 61.0 Å². The van der Waals surface area contributed by atoms with Crippen LogP contribution in [0.3, 0.4) is 0 Å². The smallest absolute Gasteiger partial charge is 0.238 e. The van der Waals surface area contributed by atoms with Crippen molar-refractivity contribution >= 4 is 22.6 Å². The van der Waals surface area contributed by atoms with Crippen molar-refractivity contribution in [1.82, 2.24) is 14.9 Å². The van der Waals surface area contributed by atoms with Gasteiger partial charge < -0.3 is 10.3 Å². The number of carbonyl (C=O) groups is 1. The van der Waals surface area contributed by atoms with Crippen LogP contribution in [-0.4, -0.2) is 40.4 Å². The molecule has 3 aromatic rings. The van der Waals surface area contributed by atoms with Gasteiger partial charge in [0.05, 0.1) is 17.6 Å². The summed E-state index contributed by atoms with van der Waals surface area (Å²) in [5.74, 6) is 1.58. The highest BCUT2D eigenvalue weighted by atomic mass is 16.2. The molecule has 5 heteroatoms. The predicted molar refractivity (Wildman–Crippen MR) is 109 cm³/mol. The minimum Gasteiger partial charge on any atom is -0.342 e. The van der Waals surface area contributed by atoms with Crippen molar-refractivity contribution in [2.75, 3.05) is 25.0 Å². The number of imidazole rings is 1. The first-order valence-electron chi connectivity index (χ1n) is 9.62. The summed E-state index contributed by atoms with van der Waals surface area (Å²) in [6, 6.07) is 14.2. The number of para-hydroxylation sites is 1. The SMILES string of the molecule is Cc1ccc2nc(C3CCN(CC(=O)Nc4ccccc4C)CC3)[nH]c2c1. The van der Waals surface area contributed by atoms with E-state index < -0.39 is 0 Å². The van der Waals surface area contributed by atoms with E-state index in [1.807, 2.05) is 31.2 Å². The molecule has 0 unspecified atom stereocenters. The molecule has 1 saturated heterocycles. The quantitative estimate of drug-likeness (QED) is 0.737. The molecule has 0 radical (unpaired) electrons. The van der Waals surface area contributed by atoms with Gasteiger partial charge in [-0.15, -0.1) is 0 Å². The minimum atomic E-state index is 0.0574. The highest BCUT2D eigenvalue weighted by Gasteiger charge is 2.24. The Bertz CT molecular complexity index is 954. The largest absolute Gasteiger partial charge is 0.342 e. The number of aromatic nitrogens is 2. The van der Waals surface area contributed by atoms with Gasteiger partial charge in [-0.05, 0) is 69.1 Å². The Morgan fingerprint density at radius 1 is 1.19 bits per heavy atom. The van der Waals surface area contributed by atoms with Gasteiger partial charge in [0.1, 0.15) is 5.82 Å². The molecule has 2 heterocycles. The zero-order chi connectivity index (χ0) is 18.8. The number of fused-ring (bicyclic) bond motifs is 1. The summed E-state index contributed by atoms with van der Waals surface area (Å²) in [6.45, 7) is 6.39. The average Bonchev–Trinajstić information content (AvgIpc) is 3.07. The Morgan fingerprint density at radius 3 is 2.74 bits per heavy atom. The van der Waals surface area contributed by atoms with Crippen molar-refractivity contribution in [3.8, 4) is 0 Å². The molecule has 0 saturated carbocycles. The normalized spacial score (nSPS) is 15.9. The summed E-state index contributed by atoms with van der Waals surface area (Å²) < 4.78 is 0. The number of hydrogen-bond donors (Lipinski definition) is 2. The number of aromatic amines is 1. The molecule has 2 N–H and O–H groups in total. The number of anilines is 1. The van der Waals surface area contributed by atoms with Crippen LogP contribution in [-0.2, 0) is 4.79 Å². The van der Waals surface area contributed by atoms with Crippen LogP contribution in [0.4, 0.5) is 5.69 Å². The Morgan fingerprint density at radius 2 is 1.96 bits per heavy atom. The van der Waals surface area contributed by atoms with Crippen molar-refractivity contribution in [1.29, 1.82) is 0 Å². The number of benzene rings is 2. The third-order valence-corrected chi connectivity index (χ3v) is 5.42. The van der Waals surface area contributed by atoms with Crippen molar-refractivity contribution in [3.05, 3.63) is 59.4 Å². The lowest BCUT2D eigenvalue weighted by atomic mass is 9.96. The van der Waals surface area contributed by atoms with E-state index in [4.69, 9.17) is 4.98 Å². The maximum absolute atomic E-state index is 12.4. The zero-order valence-corrected chi connectivity index (χ0v) is 16.0. The van der Waals surface area contributed by atoms with Gasteiger partial charge in [0.15, 0.2) is 0 Å². The molecule has 0 bridgehead atoms. The summed E-state index contributed by atoms with van der Waals surface area (Å²) in [4.78, 5) is 22.9. The average molecular weight is 362 g/mol. The van der Waals surface area contributed by atoms with Crippen LogP contribution in [0.1, 0.15) is 35.7 Å². The van der Waals surface area contributed by atoms with Crippen LogP contribution in [0.15, 0.2) is 42.5 Å². The van der Waals surface area contributed by atoms with Crippen LogP contribution in [0.5, 0.6) is 0 Å². The fraction of sp³-hybridized carbons (Fsp3) is 0.364. The molecule has 1 fully saturated rings. The Labute approximate surface area is 159 Å². The van der Waals surface area contributed by atoms with Crippen molar-refractivity contribution < 1.29 is 4.79 Å². The summed E-state index contributed by atoms with van der Waals surface area (Å²) in [5.41, 5.74) is 5.38. The molecule has 1 aliphatic heterocycles. The van der Waals surface area contributed by atoms with Gasteiger partial charge in [0, 0.05) is 11.6 Å². The number of nitrogens with zero attached hydrogens (tertiary/aromatic N) is 2. The van der Waals surface area contributed by atoms with Gasteiger partial charge in [-0.1, -0.05) is 24.3 Å². The van der Waals surface area contributed by atoms with Gasteiger partial charge in [-0.25, -0.2) is 4.98 Å². The first-order valence-corrected chi connectivity index (χ1v) is 9.62. The third-order valence-electron chi connectivity index (χ3n) is 5.42. The number of aryl methyl sites for hydroxylation is 2. The van der Waals surface area contributed by atoms with Crippen LogP contribution < -0.4 is 5.32 Å². The second-order valence-corrected chi connectivity index (χ2v) is 7.56. The first kappa shape index (κ1) is 17.7. The van der Waals surface area contributed by atoms with E-state index in [0.717, 1.165) is 54.0 Å². The first-order chi connectivity index (χ1) is 13.1. The number of hydrogen-bond acceptors (Lipinski definition) is 3. The fourth-order valence-electron chi connectivity index (χ4n) is 3.81. The molecule has 1 aliphatic rings. The second kappa shape index (κ2) is 7.53. The van der Waals surface area contributed by atoms with Crippen LogP contribution in [0, 0.1) is 13.8 Å². The molecule has 0 atom stereocenters. The highest BCUT2D eigenvalue weighted by molar-refractivity contribution is 5.92. The summed E-state index contributed by atoms with van der Waals surface area (Å²) in [6.07, 6.45) is 2.05. The lowest BCUT2D eigenvalue weighted by Gasteiger charge is -2.30. The second-order valence-electron chi connectivity index (χ2n) is 7.56. The highest BCUT2D eigenvalue weighted by Crippen LogP contribution is 2.28. The molecule has 27 heavy (non-hydrogen) atoms. The fourth-order valence-corrected chi connectivity index (χ4v) is 3.81. The Hall–Kier alpha value is -2.66. The van der Waals surface area contributed by atoms with E-state index in [9.17, 15) is 4.79 Å². The molecule has 140 valence electrons. The zero-order valence-electron chi connectivity index (χ0n) is 16.0. The van der Waals surface area contributed by atoms with E-state index >= 15 is 0 Å². The number of rotatable bonds is 4. The van der Waals surface area contributed by atoms with Crippen LogP contribution in [0.2, 0.25) is 0 Å². The molecule has 1 aromatic heterocycles. The van der Waals surface area contributed by atoms with Gasteiger partial charge in [0.2, 0.25) is 5.91 Å². The maximum atomic E-state index is 12.4. The summed E-state index contributed by atoms with van der Waals surface area (Å²) >= 11 is 0. The standard InChI is InChI=1S/C22H26N4O/c1-15-7-8-19-20(13-15)25-22(24-19)17-9-11-26(12-10-17)14-21(27)23-18-6-4-3-5-16(18)2/h3-8,13,17H,9-12,14H2,1-2H3,(H,23,27)(H,24,25). The van der Waals surface area contributed by atoms with Crippen LogP contribution >= 0.6 is 0 Å². The van der Waals surface area contributed by atoms with Crippen molar-refractivity contribution in [2.45, 2.75) is 32.6 Å². The Balaban J connectivity index is 1.33. The molecule has 4 rings (SSSR count). The van der Waals surface area contributed by atoms with E-state index in [1.54, 1.807) is 0 Å². The molecule has 0 spiro atoms. The number of piperidine rings is 1. The van der Waals surface area contributed by atoms with E-state index in [-0.39, 0.29) is 5.91 Å². The van der Waals surface area contributed by atoms with Gasteiger partial charge in [0.25, 0.3) is 0 Å². The Kier molecular flexibility index (Phi) is 4.94. The van der Waals surface area contributed by atoms with Gasteiger partial charge in [-0.3, -0.25) is 9.69 Å². The van der Waals surface area contributed by atoms with Crippen molar-refractivity contribution in [3.63, 3.8) is 0 Å². The lowest BCUT2D eigenvalue weighted by molar-refractivity contribution is -0.117. The molecule has 1 amide bonds. The molecular formula is C22H26N4O.